The molecule has 0 aliphatic carbocycles. The number of rotatable bonds is 4. The van der Waals surface area contributed by atoms with Gasteiger partial charge in [-0.05, 0) is 6.07 Å². The van der Waals surface area contributed by atoms with Crippen molar-refractivity contribution in [3.05, 3.63) is 54.5 Å². The van der Waals surface area contributed by atoms with Gasteiger partial charge in [0.1, 0.15) is 5.69 Å². The smallest absolute Gasteiger partial charge is 0.113 e. The molecular formula is C16H18N6. The number of aromatic nitrogens is 5. The Hall–Kier alpha value is -2.47. The van der Waals surface area contributed by atoms with Crippen molar-refractivity contribution >= 4 is 0 Å². The average Bonchev–Trinajstić information content (AvgIpc) is 3.13. The van der Waals surface area contributed by atoms with E-state index in [9.17, 15) is 0 Å². The number of nitrogens with zero attached hydrogens (tertiary/aromatic N) is 6. The molecule has 4 rings (SSSR count). The third kappa shape index (κ3) is 2.42. The van der Waals surface area contributed by atoms with Gasteiger partial charge >= 0.3 is 0 Å². The molecule has 0 bridgehead atoms. The summed E-state index contributed by atoms with van der Waals surface area (Å²) < 4.78 is 3.92. The lowest BCUT2D eigenvalue weighted by Crippen LogP contribution is -2.47. The number of aryl methyl sites for hydroxylation is 1. The molecular weight excluding hydrogens is 276 g/mol. The van der Waals surface area contributed by atoms with Crippen LogP contribution in [-0.4, -0.2) is 42.8 Å². The Bertz CT molecular complexity index is 754. The SMILES string of the molecule is Cn1nccc1CN1CC(n2cc(-c3ccccc3)nn2)C1. The van der Waals surface area contributed by atoms with Crippen molar-refractivity contribution in [1.82, 2.24) is 29.7 Å². The Morgan fingerprint density at radius 1 is 1.14 bits per heavy atom. The van der Waals surface area contributed by atoms with Crippen LogP contribution in [0.25, 0.3) is 11.3 Å². The molecule has 112 valence electrons. The molecule has 0 amide bonds. The summed E-state index contributed by atoms with van der Waals surface area (Å²) in [6, 6.07) is 12.7. The molecule has 0 radical (unpaired) electrons. The van der Waals surface area contributed by atoms with Gasteiger partial charge < -0.3 is 0 Å². The highest BCUT2D eigenvalue weighted by Crippen LogP contribution is 2.24. The van der Waals surface area contributed by atoms with Crippen LogP contribution in [0.1, 0.15) is 11.7 Å². The zero-order valence-electron chi connectivity index (χ0n) is 12.5. The largest absolute Gasteiger partial charge is 0.293 e. The molecule has 2 aromatic heterocycles. The highest BCUT2D eigenvalue weighted by Gasteiger charge is 2.29. The standard InChI is InChI=1S/C16H18N6/c1-20-14(7-8-17-20)9-21-10-15(11-21)22-12-16(18-19-22)13-5-3-2-4-6-13/h2-8,12,15H,9-11H2,1H3. The summed E-state index contributed by atoms with van der Waals surface area (Å²) in [6.07, 6.45) is 3.89. The van der Waals surface area contributed by atoms with Gasteiger partial charge in [0.15, 0.2) is 0 Å². The molecule has 1 aromatic carbocycles. The van der Waals surface area contributed by atoms with Crippen LogP contribution in [0.3, 0.4) is 0 Å². The Labute approximate surface area is 129 Å². The van der Waals surface area contributed by atoms with E-state index in [1.165, 1.54) is 5.69 Å². The first-order valence-corrected chi connectivity index (χ1v) is 7.46. The van der Waals surface area contributed by atoms with Crippen LogP contribution in [0.5, 0.6) is 0 Å². The molecule has 3 heterocycles. The van der Waals surface area contributed by atoms with Crippen molar-refractivity contribution in [2.45, 2.75) is 12.6 Å². The van der Waals surface area contributed by atoms with Crippen molar-refractivity contribution in [2.75, 3.05) is 13.1 Å². The van der Waals surface area contributed by atoms with Crippen molar-refractivity contribution < 1.29 is 0 Å². The molecule has 1 aliphatic heterocycles. The van der Waals surface area contributed by atoms with Crippen molar-refractivity contribution in [3.8, 4) is 11.3 Å². The quantitative estimate of drug-likeness (QED) is 0.735. The fourth-order valence-corrected chi connectivity index (χ4v) is 2.82. The van der Waals surface area contributed by atoms with Crippen LogP contribution in [0.15, 0.2) is 48.8 Å². The number of hydrogen-bond donors (Lipinski definition) is 0. The highest BCUT2D eigenvalue weighted by atomic mass is 15.5. The zero-order chi connectivity index (χ0) is 14.9. The van der Waals surface area contributed by atoms with Gasteiger partial charge in [0.05, 0.1) is 17.9 Å². The molecule has 1 saturated heterocycles. The van der Waals surface area contributed by atoms with Gasteiger partial charge in [0.25, 0.3) is 0 Å². The van der Waals surface area contributed by atoms with Crippen LogP contribution in [0, 0.1) is 0 Å². The maximum atomic E-state index is 4.29. The minimum absolute atomic E-state index is 0.415. The Balaban J connectivity index is 1.39. The van der Waals surface area contributed by atoms with Crippen LogP contribution >= 0.6 is 0 Å². The van der Waals surface area contributed by atoms with Crippen LogP contribution in [-0.2, 0) is 13.6 Å². The van der Waals surface area contributed by atoms with E-state index in [2.05, 4.69) is 38.5 Å². The van der Waals surface area contributed by atoms with E-state index in [0.29, 0.717) is 6.04 Å². The number of likely N-dealkylation sites (tertiary alicyclic amines) is 1. The maximum absolute atomic E-state index is 4.29. The van der Waals surface area contributed by atoms with Crippen molar-refractivity contribution in [1.29, 1.82) is 0 Å². The lowest BCUT2D eigenvalue weighted by Gasteiger charge is -2.38. The summed E-state index contributed by atoms with van der Waals surface area (Å²) in [5.74, 6) is 0. The lowest BCUT2D eigenvalue weighted by molar-refractivity contribution is 0.0870. The molecule has 6 nitrogen and oxygen atoms in total. The zero-order valence-corrected chi connectivity index (χ0v) is 12.5. The molecule has 0 atom stereocenters. The molecule has 1 fully saturated rings. The van der Waals surface area contributed by atoms with Crippen LogP contribution in [0.2, 0.25) is 0 Å². The first-order chi connectivity index (χ1) is 10.8. The van der Waals surface area contributed by atoms with E-state index in [4.69, 9.17) is 0 Å². The number of benzene rings is 1. The van der Waals surface area contributed by atoms with Crippen LogP contribution in [0.4, 0.5) is 0 Å². The lowest BCUT2D eigenvalue weighted by atomic mass is 10.1. The fraction of sp³-hybridized carbons (Fsp3) is 0.312. The van der Waals surface area contributed by atoms with E-state index in [0.717, 1.165) is 30.9 Å². The van der Waals surface area contributed by atoms with Crippen molar-refractivity contribution in [3.63, 3.8) is 0 Å². The first kappa shape index (κ1) is 13.2. The Morgan fingerprint density at radius 3 is 2.68 bits per heavy atom. The molecule has 0 N–H and O–H groups in total. The third-order valence-corrected chi connectivity index (χ3v) is 4.20. The summed E-state index contributed by atoms with van der Waals surface area (Å²) >= 11 is 0. The average molecular weight is 294 g/mol. The minimum Gasteiger partial charge on any atom is -0.293 e. The molecule has 22 heavy (non-hydrogen) atoms. The second-order valence-corrected chi connectivity index (χ2v) is 5.74. The monoisotopic (exact) mass is 294 g/mol. The Morgan fingerprint density at radius 2 is 1.95 bits per heavy atom. The number of hydrogen-bond acceptors (Lipinski definition) is 4. The second kappa shape index (κ2) is 5.38. The molecule has 1 aliphatic rings. The summed E-state index contributed by atoms with van der Waals surface area (Å²) in [7, 11) is 1.98. The van der Waals surface area contributed by atoms with Gasteiger partial charge in [-0.15, -0.1) is 5.10 Å². The fourth-order valence-electron chi connectivity index (χ4n) is 2.82. The Kier molecular flexibility index (Phi) is 3.23. The summed E-state index contributed by atoms with van der Waals surface area (Å²) in [5.41, 5.74) is 3.28. The molecule has 0 saturated carbocycles. The second-order valence-electron chi connectivity index (χ2n) is 5.74. The summed E-state index contributed by atoms with van der Waals surface area (Å²) in [5, 5.41) is 12.8. The molecule has 0 spiro atoms. The molecule has 3 aromatic rings. The predicted octanol–water partition coefficient (Wildman–Crippen LogP) is 1.74. The van der Waals surface area contributed by atoms with Gasteiger partial charge in [-0.1, -0.05) is 35.5 Å². The first-order valence-electron chi connectivity index (χ1n) is 7.46. The van der Waals surface area contributed by atoms with Gasteiger partial charge in [-0.3, -0.25) is 9.58 Å². The summed E-state index contributed by atoms with van der Waals surface area (Å²) in [6.45, 7) is 2.94. The van der Waals surface area contributed by atoms with Crippen molar-refractivity contribution in [2.24, 2.45) is 7.05 Å². The van der Waals surface area contributed by atoms with Gasteiger partial charge in [0.2, 0.25) is 0 Å². The molecule has 0 unspecified atom stereocenters. The molecule has 6 heteroatoms. The minimum atomic E-state index is 0.415. The third-order valence-electron chi connectivity index (χ3n) is 4.20. The van der Waals surface area contributed by atoms with Gasteiger partial charge in [-0.2, -0.15) is 5.10 Å². The predicted molar refractivity (Wildman–Crippen MR) is 83.0 cm³/mol. The topological polar surface area (TPSA) is 51.8 Å². The van der Waals surface area contributed by atoms with Gasteiger partial charge in [-0.25, -0.2) is 4.68 Å². The van der Waals surface area contributed by atoms with E-state index in [-0.39, 0.29) is 0 Å². The van der Waals surface area contributed by atoms with E-state index in [1.54, 1.807) is 0 Å². The van der Waals surface area contributed by atoms with Crippen LogP contribution < -0.4 is 0 Å². The van der Waals surface area contributed by atoms with E-state index < -0.39 is 0 Å². The summed E-state index contributed by atoms with van der Waals surface area (Å²) in [4.78, 5) is 2.39. The van der Waals surface area contributed by atoms with E-state index >= 15 is 0 Å². The van der Waals surface area contributed by atoms with E-state index in [1.807, 2.05) is 47.0 Å². The normalized spacial score (nSPS) is 15.9. The highest BCUT2D eigenvalue weighted by molar-refractivity contribution is 5.57. The van der Waals surface area contributed by atoms with Gasteiger partial charge in [0, 0.05) is 38.4 Å². The maximum Gasteiger partial charge on any atom is 0.113 e.